The molecule has 0 bridgehead atoms. The van der Waals surface area contributed by atoms with Crippen molar-refractivity contribution in [1.82, 2.24) is 0 Å². The molecule has 166 valence electrons. The van der Waals surface area contributed by atoms with Crippen LogP contribution in [-0.4, -0.2) is 51.5 Å². The summed E-state index contributed by atoms with van der Waals surface area (Å²) in [6.07, 6.45) is 7.50. The number of ether oxygens (including phenoxy) is 1. The summed E-state index contributed by atoms with van der Waals surface area (Å²) in [6, 6.07) is 0. The van der Waals surface area contributed by atoms with Gasteiger partial charge in [0.15, 0.2) is 12.4 Å². The lowest BCUT2D eigenvalue weighted by molar-refractivity contribution is -0.181. The first kappa shape index (κ1) is 22.8. The van der Waals surface area contributed by atoms with Crippen LogP contribution in [0.1, 0.15) is 52.9 Å². The van der Waals surface area contributed by atoms with Crippen LogP contribution in [0.4, 0.5) is 0 Å². The van der Waals surface area contributed by atoms with E-state index >= 15 is 0 Å². The van der Waals surface area contributed by atoms with Gasteiger partial charge in [-0.05, 0) is 56.1 Å². The molecule has 0 aromatic heterocycles. The fourth-order valence-corrected chi connectivity index (χ4v) is 7.08. The molecule has 4 aliphatic carbocycles. The lowest BCUT2D eigenvalue weighted by Gasteiger charge is -2.59. The number of hydrogen-bond donors (Lipinski definition) is 2. The molecule has 30 heavy (non-hydrogen) atoms. The van der Waals surface area contributed by atoms with Gasteiger partial charge in [-0.15, -0.1) is 0 Å². The van der Waals surface area contributed by atoms with Gasteiger partial charge in [-0.25, -0.2) is 0 Å². The molecule has 0 heterocycles. The van der Waals surface area contributed by atoms with Crippen molar-refractivity contribution in [3.63, 3.8) is 0 Å². The standard InChI is InChI=1S/C23H30O6.H2O/c1-13(24)29-12-19(27)23(28)9-7-17-16-5-4-14-10-15(25)6-8-21(14,2)20(16)18(26)11-22(17,23)3;/h6,8,10,16-18,20,26,28H,4-5,7,9,11-12H2,1-3H3;1H2/t16-,17-,18-,20+,21-,22-,23-;/m0./s1. The van der Waals surface area contributed by atoms with Gasteiger partial charge in [0.1, 0.15) is 5.60 Å². The lowest BCUT2D eigenvalue weighted by Crippen LogP contribution is -2.61. The van der Waals surface area contributed by atoms with E-state index in [0.717, 1.165) is 18.4 Å². The van der Waals surface area contributed by atoms with Crippen molar-refractivity contribution in [3.8, 4) is 0 Å². The first-order valence-corrected chi connectivity index (χ1v) is 10.5. The molecule has 7 atom stereocenters. The Labute approximate surface area is 176 Å². The summed E-state index contributed by atoms with van der Waals surface area (Å²) in [7, 11) is 0. The van der Waals surface area contributed by atoms with Crippen LogP contribution in [0, 0.1) is 28.6 Å². The number of Topliss-reactive ketones (excluding diaryl/α,β-unsaturated/α-hetero) is 1. The molecular formula is C23H32O7. The monoisotopic (exact) mass is 420 g/mol. The van der Waals surface area contributed by atoms with Crippen LogP contribution in [0.3, 0.4) is 0 Å². The number of hydrogen-bond acceptors (Lipinski definition) is 6. The van der Waals surface area contributed by atoms with Crippen LogP contribution in [0.25, 0.3) is 0 Å². The number of esters is 1. The number of fused-ring (bicyclic) bond motifs is 5. The molecular weight excluding hydrogens is 388 g/mol. The Morgan fingerprint density at radius 1 is 1.27 bits per heavy atom. The van der Waals surface area contributed by atoms with E-state index in [0.29, 0.717) is 19.3 Å². The Hall–Kier alpha value is -1.83. The van der Waals surface area contributed by atoms with Crippen molar-refractivity contribution in [2.24, 2.45) is 28.6 Å². The summed E-state index contributed by atoms with van der Waals surface area (Å²) in [6.45, 7) is 4.80. The second-order valence-corrected chi connectivity index (χ2v) is 9.81. The van der Waals surface area contributed by atoms with Gasteiger partial charge in [0.25, 0.3) is 0 Å². The number of aliphatic hydroxyl groups is 2. The first-order chi connectivity index (χ1) is 13.5. The topological polar surface area (TPSA) is 132 Å². The lowest BCUT2D eigenvalue weighted by atomic mass is 9.46. The Bertz CT molecular complexity index is 829. The minimum Gasteiger partial charge on any atom is -0.458 e. The molecule has 7 heteroatoms. The fraction of sp³-hybridized carbons (Fsp3) is 0.696. The summed E-state index contributed by atoms with van der Waals surface area (Å²) < 4.78 is 4.88. The van der Waals surface area contributed by atoms with E-state index in [-0.39, 0.29) is 34.4 Å². The average molecular weight is 421 g/mol. The Morgan fingerprint density at radius 3 is 2.63 bits per heavy atom. The summed E-state index contributed by atoms with van der Waals surface area (Å²) in [5.74, 6) is -0.836. The Morgan fingerprint density at radius 2 is 1.97 bits per heavy atom. The van der Waals surface area contributed by atoms with Gasteiger partial charge in [0.2, 0.25) is 5.78 Å². The van der Waals surface area contributed by atoms with Crippen molar-refractivity contribution in [3.05, 3.63) is 23.8 Å². The molecule has 4 rings (SSSR count). The van der Waals surface area contributed by atoms with Gasteiger partial charge in [-0.2, -0.15) is 0 Å². The van der Waals surface area contributed by atoms with Crippen LogP contribution < -0.4 is 0 Å². The number of ketones is 2. The van der Waals surface area contributed by atoms with E-state index in [1.165, 1.54) is 6.92 Å². The highest BCUT2D eigenvalue weighted by molar-refractivity contribution is 6.01. The molecule has 0 unspecified atom stereocenters. The molecule has 3 fully saturated rings. The SMILES string of the molecule is CC(=O)OCC(=O)[C@@]1(O)CC[C@H]2[C@@H]3CCC4=CC(=O)C=C[C@]4(C)[C@H]3[C@@H](O)C[C@@]21C.O. The summed E-state index contributed by atoms with van der Waals surface area (Å²) >= 11 is 0. The number of rotatable bonds is 3. The zero-order chi connectivity index (χ0) is 21.2. The van der Waals surface area contributed by atoms with Crippen molar-refractivity contribution in [2.75, 3.05) is 6.61 Å². The molecule has 4 N–H and O–H groups in total. The molecule has 0 amide bonds. The van der Waals surface area contributed by atoms with Gasteiger partial charge in [0, 0.05) is 23.7 Å². The van der Waals surface area contributed by atoms with Crippen LogP contribution >= 0.6 is 0 Å². The van der Waals surface area contributed by atoms with E-state index < -0.39 is 35.5 Å². The first-order valence-electron chi connectivity index (χ1n) is 10.5. The normalized spacial score (nSPS) is 44.2. The quantitative estimate of drug-likeness (QED) is 0.662. The maximum atomic E-state index is 12.9. The molecule has 0 aliphatic heterocycles. The zero-order valence-corrected chi connectivity index (χ0v) is 17.8. The average Bonchev–Trinajstić information content (AvgIpc) is 2.91. The summed E-state index contributed by atoms with van der Waals surface area (Å²) in [5.41, 5.74) is -1.67. The second kappa shape index (κ2) is 7.39. The second-order valence-electron chi connectivity index (χ2n) is 9.81. The molecule has 0 radical (unpaired) electrons. The highest BCUT2D eigenvalue weighted by Crippen LogP contribution is 2.67. The number of allylic oxidation sites excluding steroid dienone is 4. The highest BCUT2D eigenvalue weighted by atomic mass is 16.5. The van der Waals surface area contributed by atoms with Gasteiger partial charge < -0.3 is 20.4 Å². The van der Waals surface area contributed by atoms with E-state index in [1.807, 2.05) is 13.0 Å². The van der Waals surface area contributed by atoms with E-state index in [2.05, 4.69) is 6.92 Å². The smallest absolute Gasteiger partial charge is 0.303 e. The predicted octanol–water partition coefficient (Wildman–Crippen LogP) is 1.30. The minimum atomic E-state index is -1.60. The summed E-state index contributed by atoms with van der Waals surface area (Å²) in [4.78, 5) is 35.9. The molecule has 4 aliphatic rings. The van der Waals surface area contributed by atoms with Crippen LogP contribution in [0.15, 0.2) is 23.8 Å². The van der Waals surface area contributed by atoms with Gasteiger partial charge in [-0.3, -0.25) is 14.4 Å². The van der Waals surface area contributed by atoms with E-state index in [1.54, 1.807) is 12.2 Å². The largest absolute Gasteiger partial charge is 0.458 e. The summed E-state index contributed by atoms with van der Waals surface area (Å²) in [5, 5.41) is 22.7. The van der Waals surface area contributed by atoms with E-state index in [4.69, 9.17) is 4.74 Å². The Kier molecular flexibility index (Phi) is 5.63. The van der Waals surface area contributed by atoms with Crippen molar-refractivity contribution < 1.29 is 34.8 Å². The van der Waals surface area contributed by atoms with Crippen LogP contribution in [-0.2, 0) is 19.1 Å². The van der Waals surface area contributed by atoms with Gasteiger partial charge in [-0.1, -0.05) is 25.5 Å². The van der Waals surface area contributed by atoms with Crippen molar-refractivity contribution in [2.45, 2.75) is 64.6 Å². The van der Waals surface area contributed by atoms with Crippen LogP contribution in [0.2, 0.25) is 0 Å². The zero-order valence-electron chi connectivity index (χ0n) is 17.8. The van der Waals surface area contributed by atoms with Crippen molar-refractivity contribution >= 4 is 17.5 Å². The fourth-order valence-electron chi connectivity index (χ4n) is 7.08. The minimum absolute atomic E-state index is 0. The van der Waals surface area contributed by atoms with E-state index in [9.17, 15) is 24.6 Å². The maximum Gasteiger partial charge on any atom is 0.303 e. The van der Waals surface area contributed by atoms with Crippen LogP contribution in [0.5, 0.6) is 0 Å². The third kappa shape index (κ3) is 3.01. The predicted molar refractivity (Wildman–Crippen MR) is 108 cm³/mol. The number of carbonyl (C=O) groups is 3. The highest BCUT2D eigenvalue weighted by Gasteiger charge is 2.68. The third-order valence-corrected chi connectivity index (χ3v) is 8.52. The molecule has 0 saturated heterocycles. The number of carbonyl (C=O) groups excluding carboxylic acids is 3. The Balaban J connectivity index is 0.00000256. The molecule has 0 spiro atoms. The van der Waals surface area contributed by atoms with Crippen molar-refractivity contribution in [1.29, 1.82) is 0 Å². The van der Waals surface area contributed by atoms with Gasteiger partial charge >= 0.3 is 5.97 Å². The number of aliphatic hydroxyl groups excluding tert-OH is 1. The molecule has 3 saturated carbocycles. The molecule has 7 nitrogen and oxygen atoms in total. The molecule has 0 aromatic carbocycles. The maximum absolute atomic E-state index is 12.9. The third-order valence-electron chi connectivity index (χ3n) is 8.52. The molecule has 0 aromatic rings. The van der Waals surface area contributed by atoms with Gasteiger partial charge in [0.05, 0.1) is 6.10 Å².